The maximum Gasteiger partial charge on any atom is 0.245 e. The number of rotatable bonds is 8. The van der Waals surface area contributed by atoms with Gasteiger partial charge in [-0.2, -0.15) is 8.61 Å². The van der Waals surface area contributed by atoms with Gasteiger partial charge in [0.05, 0.1) is 11.9 Å². The predicted molar refractivity (Wildman–Crippen MR) is 124 cm³/mol. The summed E-state index contributed by atoms with van der Waals surface area (Å²) in [7, 11) is -7.65. The quantitative estimate of drug-likeness (QED) is 0.547. The summed E-state index contributed by atoms with van der Waals surface area (Å²) in [4.78, 5) is 25.4. The molecular weight excluding hydrogens is 468 g/mol. The van der Waals surface area contributed by atoms with Crippen molar-refractivity contribution in [3.8, 4) is 0 Å². The van der Waals surface area contributed by atoms with E-state index in [1.54, 1.807) is 12.1 Å². The van der Waals surface area contributed by atoms with Crippen molar-refractivity contribution in [2.75, 3.05) is 31.2 Å². The maximum atomic E-state index is 13.5. The molecule has 0 aromatic heterocycles. The van der Waals surface area contributed by atoms with E-state index in [4.69, 9.17) is 0 Å². The number of anilines is 1. The minimum atomic E-state index is -4.09. The van der Waals surface area contributed by atoms with E-state index in [1.165, 1.54) is 16.4 Å². The number of nitrogens with zero attached hydrogens (tertiary/aromatic N) is 2. The normalized spacial score (nSPS) is 22.5. The third-order valence-electron chi connectivity index (χ3n) is 5.85. The number of benzene rings is 1. The number of sulfonamides is 2. The fourth-order valence-corrected chi connectivity index (χ4v) is 7.18. The lowest BCUT2D eigenvalue weighted by Crippen LogP contribution is -2.47. The second-order valence-corrected chi connectivity index (χ2v) is 12.7. The van der Waals surface area contributed by atoms with Gasteiger partial charge in [-0.15, -0.1) is 0 Å². The SMILES string of the molecule is CC(C)CNC(=O)[C@@H]1CCCN1S(=O)(=O)c1ccccc1NC(=O)[C@@H]1CCCN1S(C)(=O)=O. The summed E-state index contributed by atoms with van der Waals surface area (Å²) < 4.78 is 53.4. The van der Waals surface area contributed by atoms with Crippen molar-refractivity contribution in [1.82, 2.24) is 13.9 Å². The van der Waals surface area contributed by atoms with Crippen LogP contribution in [0, 0.1) is 5.92 Å². The number of para-hydroxylation sites is 1. The highest BCUT2D eigenvalue weighted by Crippen LogP contribution is 2.31. The van der Waals surface area contributed by atoms with E-state index >= 15 is 0 Å². The maximum absolute atomic E-state index is 13.5. The Morgan fingerprint density at radius 3 is 2.15 bits per heavy atom. The van der Waals surface area contributed by atoms with Crippen LogP contribution in [0.3, 0.4) is 0 Å². The van der Waals surface area contributed by atoms with Crippen LogP contribution in [0.5, 0.6) is 0 Å². The first-order chi connectivity index (χ1) is 15.4. The van der Waals surface area contributed by atoms with Gasteiger partial charge in [0.2, 0.25) is 31.9 Å². The Kier molecular flexibility index (Phi) is 7.82. The molecule has 0 radical (unpaired) electrons. The molecule has 0 spiro atoms. The zero-order valence-electron chi connectivity index (χ0n) is 19.2. The average molecular weight is 501 g/mol. The van der Waals surface area contributed by atoms with E-state index in [0.717, 1.165) is 10.6 Å². The van der Waals surface area contributed by atoms with E-state index in [1.807, 2.05) is 13.8 Å². The Bertz CT molecular complexity index is 1100. The number of carbonyl (C=O) groups excluding carboxylic acids is 2. The lowest BCUT2D eigenvalue weighted by molar-refractivity contribution is -0.124. The minimum Gasteiger partial charge on any atom is -0.354 e. The van der Waals surface area contributed by atoms with Gasteiger partial charge in [-0.1, -0.05) is 26.0 Å². The molecule has 0 bridgehead atoms. The molecule has 3 rings (SSSR count). The van der Waals surface area contributed by atoms with Crippen molar-refractivity contribution in [3.63, 3.8) is 0 Å². The summed E-state index contributed by atoms with van der Waals surface area (Å²) in [5, 5.41) is 5.42. The van der Waals surface area contributed by atoms with E-state index in [2.05, 4.69) is 10.6 Å². The van der Waals surface area contributed by atoms with Gasteiger partial charge in [0, 0.05) is 19.6 Å². The van der Waals surface area contributed by atoms with E-state index < -0.39 is 38.0 Å². The van der Waals surface area contributed by atoms with Gasteiger partial charge in [0.1, 0.15) is 17.0 Å². The molecule has 2 heterocycles. The van der Waals surface area contributed by atoms with E-state index in [-0.39, 0.29) is 35.5 Å². The van der Waals surface area contributed by atoms with Gasteiger partial charge >= 0.3 is 0 Å². The molecular formula is C21H32N4O6S2. The second-order valence-electron chi connectivity index (χ2n) is 8.93. The smallest absolute Gasteiger partial charge is 0.245 e. The van der Waals surface area contributed by atoms with Gasteiger partial charge in [0.25, 0.3) is 0 Å². The fraction of sp³-hybridized carbons (Fsp3) is 0.619. The highest BCUT2D eigenvalue weighted by Gasteiger charge is 2.41. The van der Waals surface area contributed by atoms with Crippen LogP contribution in [0.25, 0.3) is 0 Å². The molecule has 2 aliphatic rings. The Balaban J connectivity index is 1.84. The van der Waals surface area contributed by atoms with Crippen molar-refractivity contribution in [2.45, 2.75) is 56.5 Å². The Morgan fingerprint density at radius 2 is 1.55 bits per heavy atom. The molecule has 10 nitrogen and oxygen atoms in total. The van der Waals surface area contributed by atoms with Crippen molar-refractivity contribution in [1.29, 1.82) is 0 Å². The summed E-state index contributed by atoms with van der Waals surface area (Å²) in [5.74, 6) is -0.673. The molecule has 0 aliphatic carbocycles. The number of nitrogens with one attached hydrogen (secondary N) is 2. The molecule has 0 saturated carbocycles. The fourth-order valence-electron chi connectivity index (χ4n) is 4.25. The summed E-state index contributed by atoms with van der Waals surface area (Å²) in [6.07, 6.45) is 2.93. The average Bonchev–Trinajstić information content (AvgIpc) is 3.42. The first-order valence-corrected chi connectivity index (χ1v) is 14.4. The zero-order chi connectivity index (χ0) is 24.4. The number of carbonyl (C=O) groups is 2. The van der Waals surface area contributed by atoms with E-state index in [0.29, 0.717) is 32.2 Å². The minimum absolute atomic E-state index is 0.0658. The molecule has 33 heavy (non-hydrogen) atoms. The number of hydrogen-bond acceptors (Lipinski definition) is 6. The van der Waals surface area contributed by atoms with Crippen LogP contribution in [0.15, 0.2) is 29.2 Å². The first kappa shape index (κ1) is 25.6. The van der Waals surface area contributed by atoms with Crippen LogP contribution >= 0.6 is 0 Å². The molecule has 2 amide bonds. The second kappa shape index (κ2) is 10.1. The molecule has 2 atom stereocenters. The van der Waals surface area contributed by atoms with Gasteiger partial charge in [-0.3, -0.25) is 9.59 Å². The van der Waals surface area contributed by atoms with Crippen LogP contribution in [0.1, 0.15) is 39.5 Å². The first-order valence-electron chi connectivity index (χ1n) is 11.1. The summed E-state index contributed by atoms with van der Waals surface area (Å²) in [6.45, 7) is 4.82. The number of hydrogen-bond donors (Lipinski definition) is 2. The summed E-state index contributed by atoms with van der Waals surface area (Å²) >= 11 is 0. The van der Waals surface area contributed by atoms with Crippen LogP contribution in [-0.2, 0) is 29.6 Å². The van der Waals surface area contributed by atoms with Crippen molar-refractivity contribution < 1.29 is 26.4 Å². The van der Waals surface area contributed by atoms with Crippen molar-refractivity contribution >= 4 is 37.5 Å². The van der Waals surface area contributed by atoms with Crippen LogP contribution in [0.2, 0.25) is 0 Å². The molecule has 2 N–H and O–H groups in total. The third kappa shape index (κ3) is 5.73. The molecule has 184 valence electrons. The standard InChI is InChI=1S/C21H32N4O6S2/c1-15(2)14-22-20(26)17-9-7-13-25(17)33(30,31)19-11-5-4-8-16(19)23-21(27)18-10-6-12-24(18)32(3,28)29/h4-5,8,11,15,17-18H,6-7,9-10,12-14H2,1-3H3,(H,22,26)(H,23,27)/t17-,18-/m0/s1. The van der Waals surface area contributed by atoms with Gasteiger partial charge in [-0.05, 0) is 43.7 Å². The monoisotopic (exact) mass is 500 g/mol. The van der Waals surface area contributed by atoms with Crippen molar-refractivity contribution in [3.05, 3.63) is 24.3 Å². The Hall–Kier alpha value is -2.02. The van der Waals surface area contributed by atoms with Gasteiger partial charge in [0.15, 0.2) is 0 Å². The molecule has 0 unspecified atom stereocenters. The topological polar surface area (TPSA) is 133 Å². The van der Waals surface area contributed by atoms with Crippen LogP contribution < -0.4 is 10.6 Å². The van der Waals surface area contributed by atoms with Gasteiger partial charge in [-0.25, -0.2) is 16.8 Å². The molecule has 1 aromatic carbocycles. The molecule has 2 aliphatic heterocycles. The zero-order valence-corrected chi connectivity index (χ0v) is 20.8. The Morgan fingerprint density at radius 1 is 0.970 bits per heavy atom. The molecule has 2 saturated heterocycles. The van der Waals surface area contributed by atoms with E-state index in [9.17, 15) is 26.4 Å². The van der Waals surface area contributed by atoms with Crippen LogP contribution in [0.4, 0.5) is 5.69 Å². The number of amides is 2. The largest absolute Gasteiger partial charge is 0.354 e. The third-order valence-corrected chi connectivity index (χ3v) is 9.11. The molecule has 1 aromatic rings. The lowest BCUT2D eigenvalue weighted by Gasteiger charge is -2.26. The van der Waals surface area contributed by atoms with Crippen LogP contribution in [-0.4, -0.2) is 75.2 Å². The highest BCUT2D eigenvalue weighted by molar-refractivity contribution is 7.89. The highest BCUT2D eigenvalue weighted by atomic mass is 32.2. The van der Waals surface area contributed by atoms with Gasteiger partial charge < -0.3 is 10.6 Å². The summed E-state index contributed by atoms with van der Waals surface area (Å²) in [5.41, 5.74) is 0.0658. The predicted octanol–water partition coefficient (Wildman–Crippen LogP) is 0.974. The lowest BCUT2D eigenvalue weighted by atomic mass is 10.2. The summed E-state index contributed by atoms with van der Waals surface area (Å²) in [6, 6.07) is 4.29. The Labute approximate surface area is 195 Å². The van der Waals surface area contributed by atoms with Crippen molar-refractivity contribution in [2.24, 2.45) is 5.92 Å². The molecule has 12 heteroatoms. The molecule has 2 fully saturated rings.